The normalized spacial score (nSPS) is 12.6. The number of aromatic hydroxyl groups is 1. The smallest absolute Gasteiger partial charge is 0.140 e. The fourth-order valence-electron chi connectivity index (χ4n) is 2.84. The molecule has 0 aliphatic rings. The third kappa shape index (κ3) is 6.52. The highest BCUT2D eigenvalue weighted by molar-refractivity contribution is 7.08. The predicted molar refractivity (Wildman–Crippen MR) is 142 cm³/mol. The number of phenols is 1. The van der Waals surface area contributed by atoms with E-state index in [-0.39, 0.29) is 21.2 Å². The van der Waals surface area contributed by atoms with E-state index in [1.807, 2.05) is 31.2 Å². The lowest BCUT2D eigenvalue weighted by atomic mass is 10.2. The third-order valence-electron chi connectivity index (χ3n) is 7.27. The predicted octanol–water partition coefficient (Wildman–Crippen LogP) is 7.85. The molecular weight excluding hydrogens is 428 g/mol. The van der Waals surface area contributed by atoms with Gasteiger partial charge < -0.3 is 14.7 Å². The van der Waals surface area contributed by atoms with Crippen molar-refractivity contribution in [2.75, 3.05) is 0 Å². The van der Waals surface area contributed by atoms with E-state index < -0.39 is 16.1 Å². The van der Waals surface area contributed by atoms with Crippen molar-refractivity contribution < 1.29 is 14.7 Å². The fraction of sp³-hybridized carbons (Fsp3) is 0.481. The Hall–Kier alpha value is -1.99. The first-order valence-electron chi connectivity index (χ1n) is 11.3. The first-order valence-corrected chi connectivity index (χ1v) is 17.3. The van der Waals surface area contributed by atoms with Crippen LogP contribution in [0.1, 0.15) is 67.8 Å². The van der Waals surface area contributed by atoms with Crippen molar-refractivity contribution in [3.63, 3.8) is 0 Å². The average molecular weight is 471 g/mol. The Morgan fingerprint density at radius 3 is 1.41 bits per heavy atom. The maximum Gasteiger partial charge on any atom is 0.140 e. The number of carbonyl (C=O) groups excluding carboxylic acids is 2. The van der Waals surface area contributed by atoms with Gasteiger partial charge in [-0.25, -0.2) is 0 Å². The zero-order valence-electron chi connectivity index (χ0n) is 21.9. The Balaban J connectivity index is 0.000000320. The molecule has 0 aliphatic heterocycles. The van der Waals surface area contributed by atoms with E-state index in [0.29, 0.717) is 11.0 Å². The van der Waals surface area contributed by atoms with Gasteiger partial charge in [-0.05, 0) is 35.2 Å². The summed E-state index contributed by atoms with van der Waals surface area (Å²) in [5.41, 5.74) is 2.67. The molecule has 0 bridgehead atoms. The Bertz CT molecular complexity index is 882. The fourth-order valence-corrected chi connectivity index (χ4v) is 5.95. The van der Waals surface area contributed by atoms with E-state index in [2.05, 4.69) is 67.7 Å². The van der Waals surface area contributed by atoms with Gasteiger partial charge in [-0.2, -0.15) is 0 Å². The molecule has 5 heteroatoms. The van der Waals surface area contributed by atoms with Gasteiger partial charge in [0.1, 0.15) is 32.7 Å². The molecule has 0 saturated heterocycles. The molecule has 2 aromatic rings. The van der Waals surface area contributed by atoms with Gasteiger partial charge in [0.2, 0.25) is 0 Å². The molecule has 176 valence electrons. The van der Waals surface area contributed by atoms with E-state index in [1.165, 1.54) is 0 Å². The van der Waals surface area contributed by atoms with Crippen LogP contribution < -0.4 is 0 Å². The summed E-state index contributed by atoms with van der Waals surface area (Å²) < 4.78 is 0. The monoisotopic (exact) mass is 470 g/mol. The summed E-state index contributed by atoms with van der Waals surface area (Å²) in [7, 11) is -3.93. The molecule has 0 aliphatic carbocycles. The maximum atomic E-state index is 12.5. The highest BCUT2D eigenvalue weighted by Crippen LogP contribution is 2.39. The number of carbonyl (C=O) groups is 2. The second-order valence-corrected chi connectivity index (χ2v) is 22.2. The van der Waals surface area contributed by atoms with Crippen LogP contribution in [0.5, 0.6) is 5.75 Å². The first-order chi connectivity index (χ1) is 14.3. The number of rotatable bonds is 4. The lowest BCUT2D eigenvalue weighted by molar-refractivity contribution is 0.105. The van der Waals surface area contributed by atoms with Crippen LogP contribution in [-0.2, 0) is 0 Å². The molecule has 3 nitrogen and oxygen atoms in total. The van der Waals surface area contributed by atoms with Gasteiger partial charge in [0, 0.05) is 11.1 Å². The Labute approximate surface area is 197 Å². The van der Waals surface area contributed by atoms with Crippen molar-refractivity contribution in [1.82, 2.24) is 0 Å². The highest BCUT2D eigenvalue weighted by atomic mass is 28.3. The van der Waals surface area contributed by atoms with Crippen molar-refractivity contribution in [3.8, 4) is 5.75 Å². The van der Waals surface area contributed by atoms with E-state index in [0.717, 1.165) is 11.1 Å². The second kappa shape index (κ2) is 9.88. The Kier molecular flexibility index (Phi) is 8.66. The first kappa shape index (κ1) is 28.0. The summed E-state index contributed by atoms with van der Waals surface area (Å²) in [5, 5.41) is 10.1. The largest absolute Gasteiger partial charge is 0.508 e. The molecule has 0 amide bonds. The molecule has 1 N–H and O–H groups in total. The molecule has 0 heterocycles. The number of hydrogen-bond acceptors (Lipinski definition) is 3. The van der Waals surface area contributed by atoms with Crippen molar-refractivity contribution in [1.29, 1.82) is 0 Å². The van der Waals surface area contributed by atoms with E-state index >= 15 is 0 Å². The summed E-state index contributed by atoms with van der Waals surface area (Å²) in [6.07, 6.45) is 0. The van der Waals surface area contributed by atoms with Gasteiger partial charge in [0.15, 0.2) is 0 Å². The van der Waals surface area contributed by atoms with Crippen LogP contribution in [0.15, 0.2) is 48.5 Å². The maximum absolute atomic E-state index is 12.5. The Morgan fingerprint density at radius 2 is 1.06 bits per heavy atom. The van der Waals surface area contributed by atoms with Crippen LogP contribution in [0.2, 0.25) is 36.3 Å². The molecular formula is C27H42O3Si2. The lowest BCUT2D eigenvalue weighted by Gasteiger charge is -2.35. The van der Waals surface area contributed by atoms with Crippen LogP contribution in [0.4, 0.5) is 0 Å². The standard InChI is InChI=1S/C14H22OSi.C13H20O2Si/c1-11-8-7-9-12(10-11)13(15)16(5,6)14(2,3)4;1-13(2,3)16(4,5)12(15)10-7-6-8-11(14)9-10/h7-10H,1-6H3;6-9,14H,1-5H3. The molecule has 0 saturated carbocycles. The molecule has 2 rings (SSSR count). The second-order valence-electron chi connectivity index (χ2n) is 11.8. The number of benzene rings is 2. The molecule has 0 fully saturated rings. The lowest BCUT2D eigenvalue weighted by Crippen LogP contribution is -2.46. The molecule has 0 aromatic heterocycles. The molecule has 0 unspecified atom stereocenters. The zero-order valence-corrected chi connectivity index (χ0v) is 23.9. The minimum atomic E-state index is -2.02. The molecule has 0 atom stereocenters. The summed E-state index contributed by atoms with van der Waals surface area (Å²) >= 11 is 0. The number of aryl methyl sites for hydroxylation is 1. The number of hydrogen-bond donors (Lipinski definition) is 1. The van der Waals surface area contributed by atoms with E-state index in [9.17, 15) is 14.7 Å². The van der Waals surface area contributed by atoms with Crippen molar-refractivity contribution in [3.05, 3.63) is 65.2 Å². The highest BCUT2D eigenvalue weighted by Gasteiger charge is 2.43. The van der Waals surface area contributed by atoms with Gasteiger partial charge in [-0.3, -0.25) is 0 Å². The van der Waals surface area contributed by atoms with E-state index in [1.54, 1.807) is 24.3 Å². The SMILES string of the molecule is CC(C)(C)[Si](C)(C)C(=O)c1cccc(O)c1.Cc1cccc(C(=O)[Si](C)(C)C(C)(C)C)c1. The van der Waals surface area contributed by atoms with Crippen LogP contribution in [0.25, 0.3) is 0 Å². The summed E-state index contributed by atoms with van der Waals surface area (Å²) in [6, 6.07) is 14.6. The summed E-state index contributed by atoms with van der Waals surface area (Å²) in [6.45, 7) is 23.4. The van der Waals surface area contributed by atoms with Crippen molar-refractivity contribution >= 4 is 27.0 Å². The molecule has 2 aromatic carbocycles. The zero-order chi connectivity index (χ0) is 25.1. The van der Waals surface area contributed by atoms with Gasteiger partial charge in [0.05, 0.1) is 0 Å². The summed E-state index contributed by atoms with van der Waals surface area (Å²) in [4.78, 5) is 24.9. The molecule has 32 heavy (non-hydrogen) atoms. The van der Waals surface area contributed by atoms with E-state index in [4.69, 9.17) is 0 Å². The average Bonchev–Trinajstić information content (AvgIpc) is 2.65. The quantitative estimate of drug-likeness (QED) is 0.463. The van der Waals surface area contributed by atoms with Gasteiger partial charge in [0.25, 0.3) is 0 Å². The van der Waals surface area contributed by atoms with Crippen LogP contribution >= 0.6 is 0 Å². The van der Waals surface area contributed by atoms with Crippen molar-refractivity contribution in [2.45, 2.75) is 84.7 Å². The Morgan fingerprint density at radius 1 is 0.688 bits per heavy atom. The minimum Gasteiger partial charge on any atom is -0.508 e. The van der Waals surface area contributed by atoms with Gasteiger partial charge >= 0.3 is 0 Å². The van der Waals surface area contributed by atoms with Crippen LogP contribution in [0.3, 0.4) is 0 Å². The molecule has 0 spiro atoms. The van der Waals surface area contributed by atoms with Crippen LogP contribution in [0, 0.1) is 6.92 Å². The van der Waals surface area contributed by atoms with Gasteiger partial charge in [-0.1, -0.05) is 104 Å². The third-order valence-corrected chi connectivity index (χ3v) is 17.6. The number of phenolic OH excluding ortho intramolecular Hbond substituents is 1. The topological polar surface area (TPSA) is 54.4 Å². The van der Waals surface area contributed by atoms with Crippen LogP contribution in [-0.4, -0.2) is 32.1 Å². The summed E-state index contributed by atoms with van der Waals surface area (Å²) in [5.74, 6) is 0.157. The van der Waals surface area contributed by atoms with Crippen molar-refractivity contribution in [2.24, 2.45) is 0 Å². The molecule has 0 radical (unpaired) electrons. The van der Waals surface area contributed by atoms with Gasteiger partial charge in [-0.15, -0.1) is 0 Å². The minimum absolute atomic E-state index is 0.0234.